The minimum Gasteiger partial charge on any atom is -0.310 e. The number of rotatable bonds is 4. The first-order chi connectivity index (χ1) is 23.3. The quantitative estimate of drug-likeness (QED) is 0.174. The summed E-state index contributed by atoms with van der Waals surface area (Å²) >= 11 is 3.75. The predicted molar refractivity (Wildman–Crippen MR) is 207 cm³/mol. The van der Waals surface area contributed by atoms with Crippen molar-refractivity contribution in [2.24, 2.45) is 0 Å². The van der Waals surface area contributed by atoms with Gasteiger partial charge in [-0.25, -0.2) is 0 Å². The van der Waals surface area contributed by atoms with E-state index in [0.717, 1.165) is 11.4 Å². The van der Waals surface area contributed by atoms with E-state index in [1.54, 1.807) is 0 Å². The number of benzene rings is 8. The molecule has 0 aliphatic heterocycles. The molecule has 0 atom stereocenters. The summed E-state index contributed by atoms with van der Waals surface area (Å²) in [5.74, 6) is 0. The average Bonchev–Trinajstić information content (AvgIpc) is 3.70. The highest BCUT2D eigenvalue weighted by Gasteiger charge is 2.19. The van der Waals surface area contributed by atoms with Gasteiger partial charge in [0.1, 0.15) is 0 Å². The summed E-state index contributed by atoms with van der Waals surface area (Å²) in [6, 6.07) is 60.2. The molecular weight excluding hydrogens is 607 g/mol. The Hall–Kier alpha value is -5.48. The Kier molecular flexibility index (Phi) is 5.98. The molecule has 10 rings (SSSR count). The van der Waals surface area contributed by atoms with Crippen molar-refractivity contribution >= 4 is 102 Å². The third-order valence-electron chi connectivity index (χ3n) is 9.45. The molecule has 10 aromatic rings. The third kappa shape index (κ3) is 4.21. The van der Waals surface area contributed by atoms with Crippen LogP contribution in [0.1, 0.15) is 0 Å². The molecule has 0 saturated carbocycles. The van der Waals surface area contributed by atoms with Gasteiger partial charge in [-0.2, -0.15) is 0 Å². The fourth-order valence-corrected chi connectivity index (χ4v) is 9.59. The molecule has 1 nitrogen and oxygen atoms in total. The smallest absolute Gasteiger partial charge is 0.0546 e. The van der Waals surface area contributed by atoms with Gasteiger partial charge in [-0.1, -0.05) is 115 Å². The Balaban J connectivity index is 1.20. The van der Waals surface area contributed by atoms with E-state index in [-0.39, 0.29) is 0 Å². The van der Waals surface area contributed by atoms with Crippen molar-refractivity contribution < 1.29 is 0 Å². The van der Waals surface area contributed by atoms with Gasteiger partial charge in [0.2, 0.25) is 0 Å². The van der Waals surface area contributed by atoms with Crippen molar-refractivity contribution in [2.45, 2.75) is 0 Å². The summed E-state index contributed by atoms with van der Waals surface area (Å²) in [4.78, 5) is 2.45. The van der Waals surface area contributed by atoms with Crippen molar-refractivity contribution in [2.75, 3.05) is 4.90 Å². The van der Waals surface area contributed by atoms with E-state index < -0.39 is 0 Å². The van der Waals surface area contributed by atoms with Crippen LogP contribution in [-0.2, 0) is 0 Å². The number of hydrogen-bond acceptors (Lipinski definition) is 3. The van der Waals surface area contributed by atoms with Crippen LogP contribution in [0.4, 0.5) is 17.1 Å². The van der Waals surface area contributed by atoms with Crippen LogP contribution in [0.5, 0.6) is 0 Å². The van der Waals surface area contributed by atoms with Gasteiger partial charge in [-0.3, -0.25) is 0 Å². The van der Waals surface area contributed by atoms with Crippen LogP contribution in [-0.4, -0.2) is 0 Å². The van der Waals surface area contributed by atoms with E-state index in [0.29, 0.717) is 0 Å². The van der Waals surface area contributed by atoms with E-state index in [9.17, 15) is 0 Å². The minimum atomic E-state index is 1.14. The largest absolute Gasteiger partial charge is 0.310 e. The number of nitrogens with zero attached hydrogens (tertiary/aromatic N) is 1. The van der Waals surface area contributed by atoms with Crippen molar-refractivity contribution in [1.82, 2.24) is 0 Å². The van der Waals surface area contributed by atoms with Crippen LogP contribution in [0.15, 0.2) is 164 Å². The van der Waals surface area contributed by atoms with E-state index in [4.69, 9.17) is 0 Å². The van der Waals surface area contributed by atoms with E-state index in [1.807, 2.05) is 22.7 Å². The second-order valence-corrected chi connectivity index (χ2v) is 14.2. The molecule has 0 bridgehead atoms. The standard InChI is InChI=1S/C44H27NS2/c1-2-11-32-29(10-1)26-40(35-13-4-3-12-34(32)35)45(31-24-25-43-39(27-31)37-15-6-7-18-41(37)46-43)30-22-20-28(21-23-30)33-16-9-17-38-36-14-5-8-19-42(36)47-44(33)38/h1-27H. The van der Waals surface area contributed by atoms with Crippen LogP contribution in [0.25, 0.3) is 73.0 Å². The Morgan fingerprint density at radius 1 is 0.362 bits per heavy atom. The lowest BCUT2D eigenvalue weighted by molar-refractivity contribution is 1.31. The predicted octanol–water partition coefficient (Wildman–Crippen LogP) is 13.9. The zero-order chi connectivity index (χ0) is 30.9. The van der Waals surface area contributed by atoms with E-state index in [2.05, 4.69) is 169 Å². The lowest BCUT2D eigenvalue weighted by atomic mass is 9.98. The summed E-state index contributed by atoms with van der Waals surface area (Å²) in [6.07, 6.45) is 0. The first kappa shape index (κ1) is 26.7. The van der Waals surface area contributed by atoms with Gasteiger partial charge in [0.05, 0.1) is 5.69 Å². The van der Waals surface area contributed by atoms with Gasteiger partial charge in [0.15, 0.2) is 0 Å². The number of hydrogen-bond donors (Lipinski definition) is 0. The first-order valence-electron chi connectivity index (χ1n) is 15.9. The van der Waals surface area contributed by atoms with Gasteiger partial charge in [-0.15, -0.1) is 22.7 Å². The molecule has 0 fully saturated rings. The molecule has 2 aromatic heterocycles. The number of anilines is 3. The normalized spacial score (nSPS) is 11.8. The molecule has 0 radical (unpaired) electrons. The van der Waals surface area contributed by atoms with Gasteiger partial charge in [0.25, 0.3) is 0 Å². The highest BCUT2D eigenvalue weighted by Crippen LogP contribution is 2.45. The van der Waals surface area contributed by atoms with Crippen LogP contribution in [0.2, 0.25) is 0 Å². The van der Waals surface area contributed by atoms with Crippen molar-refractivity contribution in [3.63, 3.8) is 0 Å². The summed E-state index contributed by atoms with van der Waals surface area (Å²) in [6.45, 7) is 0. The maximum Gasteiger partial charge on any atom is 0.0546 e. The van der Waals surface area contributed by atoms with Gasteiger partial charge in [-0.05, 0) is 75.8 Å². The molecule has 0 aliphatic rings. The van der Waals surface area contributed by atoms with E-state index in [1.165, 1.54) is 78.7 Å². The molecule has 2 heterocycles. The Bertz CT molecular complexity index is 2800. The summed E-state index contributed by atoms with van der Waals surface area (Å²) in [5.41, 5.74) is 5.98. The Morgan fingerprint density at radius 2 is 0.957 bits per heavy atom. The molecule has 0 spiro atoms. The fraction of sp³-hybridized carbons (Fsp3) is 0. The molecule has 0 aliphatic carbocycles. The lowest BCUT2D eigenvalue weighted by Crippen LogP contribution is -2.10. The molecule has 220 valence electrons. The summed E-state index contributed by atoms with van der Waals surface area (Å²) in [7, 11) is 0. The number of fused-ring (bicyclic) bond motifs is 9. The SMILES string of the molecule is c1ccc2c(c1)cc(N(c1ccc(-c3cccc4c3sc3ccccc34)cc1)c1ccc3sc4ccccc4c3c1)c1ccccc12. The van der Waals surface area contributed by atoms with Crippen LogP contribution < -0.4 is 4.90 Å². The average molecular weight is 634 g/mol. The molecule has 0 saturated heterocycles. The third-order valence-corrected chi connectivity index (χ3v) is 11.8. The monoisotopic (exact) mass is 633 g/mol. The first-order valence-corrected chi connectivity index (χ1v) is 17.6. The molecular formula is C44H27NS2. The van der Waals surface area contributed by atoms with Crippen molar-refractivity contribution in [3.8, 4) is 11.1 Å². The van der Waals surface area contributed by atoms with Gasteiger partial charge < -0.3 is 4.90 Å². The molecule has 47 heavy (non-hydrogen) atoms. The highest BCUT2D eigenvalue weighted by atomic mass is 32.1. The lowest BCUT2D eigenvalue weighted by Gasteiger charge is -2.28. The van der Waals surface area contributed by atoms with Crippen LogP contribution in [0, 0.1) is 0 Å². The van der Waals surface area contributed by atoms with Crippen LogP contribution >= 0.6 is 22.7 Å². The van der Waals surface area contributed by atoms with E-state index >= 15 is 0 Å². The highest BCUT2D eigenvalue weighted by molar-refractivity contribution is 7.26. The zero-order valence-electron chi connectivity index (χ0n) is 25.4. The molecule has 3 heteroatoms. The second kappa shape index (κ2) is 10.5. The van der Waals surface area contributed by atoms with Crippen molar-refractivity contribution in [1.29, 1.82) is 0 Å². The van der Waals surface area contributed by atoms with Crippen molar-refractivity contribution in [3.05, 3.63) is 164 Å². The summed E-state index contributed by atoms with van der Waals surface area (Å²) < 4.78 is 5.30. The minimum absolute atomic E-state index is 1.14. The van der Waals surface area contributed by atoms with Crippen LogP contribution in [0.3, 0.4) is 0 Å². The maximum absolute atomic E-state index is 2.45. The molecule has 8 aromatic carbocycles. The Labute approximate surface area is 280 Å². The second-order valence-electron chi connectivity index (χ2n) is 12.1. The van der Waals surface area contributed by atoms with Gasteiger partial charge >= 0.3 is 0 Å². The molecule has 0 unspecified atom stereocenters. The van der Waals surface area contributed by atoms with Gasteiger partial charge in [0, 0.05) is 57.1 Å². The Morgan fingerprint density at radius 3 is 1.77 bits per heavy atom. The summed E-state index contributed by atoms with van der Waals surface area (Å²) in [5, 5.41) is 10.3. The fourth-order valence-electron chi connectivity index (χ4n) is 7.26. The number of thiophene rings is 2. The zero-order valence-corrected chi connectivity index (χ0v) is 27.0. The topological polar surface area (TPSA) is 3.24 Å². The maximum atomic E-state index is 2.45. The molecule has 0 amide bonds. The molecule has 0 N–H and O–H groups in total.